The predicted molar refractivity (Wildman–Crippen MR) is 102 cm³/mol. The number of amides is 1. The van der Waals surface area contributed by atoms with Crippen molar-refractivity contribution in [3.63, 3.8) is 0 Å². The normalized spacial score (nSPS) is 19.0. The zero-order chi connectivity index (χ0) is 15.8. The highest BCUT2D eigenvalue weighted by Gasteiger charge is 2.21. The van der Waals surface area contributed by atoms with Crippen molar-refractivity contribution in [2.75, 3.05) is 66.6 Å². The molecule has 0 radical (unpaired) electrons. The van der Waals surface area contributed by atoms with Gasteiger partial charge in [-0.25, -0.2) is 4.99 Å². The molecule has 2 N–H and O–H groups in total. The van der Waals surface area contributed by atoms with E-state index < -0.39 is 0 Å². The van der Waals surface area contributed by atoms with Gasteiger partial charge in [-0.05, 0) is 18.8 Å². The third-order valence-corrected chi connectivity index (χ3v) is 3.95. The van der Waals surface area contributed by atoms with E-state index in [2.05, 4.69) is 20.5 Å². The molecule has 134 valence electrons. The number of likely N-dealkylation sites (N-methyl/N-ethyl adjacent to an activating group) is 1. The van der Waals surface area contributed by atoms with Gasteiger partial charge in [-0.2, -0.15) is 0 Å². The lowest BCUT2D eigenvalue weighted by molar-refractivity contribution is -0.127. The Bertz CT molecular complexity index is 382. The fourth-order valence-electron chi connectivity index (χ4n) is 2.18. The number of hydrogen-bond donors (Lipinski definition) is 2. The summed E-state index contributed by atoms with van der Waals surface area (Å²) in [4.78, 5) is 20.0. The molecule has 1 saturated heterocycles. The summed E-state index contributed by atoms with van der Waals surface area (Å²) in [6.45, 7) is 6.54. The number of halogens is 1. The number of aliphatic imine (C=N–C) groups is 1. The molecule has 1 amide bonds. The number of ether oxygens (including phenoxy) is 1. The first-order valence-corrected chi connectivity index (χ1v) is 8.17. The molecule has 8 heteroatoms. The molecule has 23 heavy (non-hydrogen) atoms. The molecule has 0 spiro atoms. The third kappa shape index (κ3) is 8.71. The van der Waals surface area contributed by atoms with Gasteiger partial charge < -0.3 is 20.3 Å². The average Bonchev–Trinajstić information content (AvgIpc) is 3.34. The van der Waals surface area contributed by atoms with Crippen LogP contribution in [-0.4, -0.2) is 88.2 Å². The SMILES string of the molecule is CN(C)C(=O)CN=C(NCCN1CCOCC1)NCC1CC1.I. The summed E-state index contributed by atoms with van der Waals surface area (Å²) < 4.78 is 5.35. The van der Waals surface area contributed by atoms with Crippen LogP contribution in [0.15, 0.2) is 4.99 Å². The molecule has 0 unspecified atom stereocenters. The fraction of sp³-hybridized carbons (Fsp3) is 0.867. The molecule has 2 aliphatic rings. The second kappa shape index (κ2) is 11.0. The number of morpholine rings is 1. The van der Waals surface area contributed by atoms with Crippen LogP contribution in [0.5, 0.6) is 0 Å². The lowest BCUT2D eigenvalue weighted by Crippen LogP contribution is -2.45. The number of hydrogen-bond acceptors (Lipinski definition) is 4. The molecular weight excluding hydrogens is 409 g/mol. The number of carbonyl (C=O) groups is 1. The number of nitrogens with zero attached hydrogens (tertiary/aromatic N) is 3. The van der Waals surface area contributed by atoms with Gasteiger partial charge in [0, 0.05) is 46.8 Å². The van der Waals surface area contributed by atoms with Crippen LogP contribution in [0, 0.1) is 5.92 Å². The summed E-state index contributed by atoms with van der Waals surface area (Å²) in [6, 6.07) is 0. The summed E-state index contributed by atoms with van der Waals surface area (Å²) >= 11 is 0. The van der Waals surface area contributed by atoms with E-state index in [9.17, 15) is 4.79 Å². The Morgan fingerprint density at radius 2 is 1.96 bits per heavy atom. The molecule has 0 aromatic carbocycles. The predicted octanol–water partition coefficient (Wildman–Crippen LogP) is -0.0300. The quantitative estimate of drug-likeness (QED) is 0.331. The topological polar surface area (TPSA) is 69.2 Å². The van der Waals surface area contributed by atoms with E-state index in [-0.39, 0.29) is 36.4 Å². The third-order valence-electron chi connectivity index (χ3n) is 3.95. The summed E-state index contributed by atoms with van der Waals surface area (Å²) in [5.41, 5.74) is 0. The van der Waals surface area contributed by atoms with Gasteiger partial charge in [-0.1, -0.05) is 0 Å². The zero-order valence-corrected chi connectivity index (χ0v) is 16.5. The molecule has 1 heterocycles. The number of carbonyl (C=O) groups excluding carboxylic acids is 1. The monoisotopic (exact) mass is 439 g/mol. The van der Waals surface area contributed by atoms with Crippen molar-refractivity contribution in [3.05, 3.63) is 0 Å². The maximum atomic E-state index is 11.7. The van der Waals surface area contributed by atoms with Crippen molar-refractivity contribution in [2.45, 2.75) is 12.8 Å². The summed E-state index contributed by atoms with van der Waals surface area (Å²) in [7, 11) is 3.50. The van der Waals surface area contributed by atoms with Gasteiger partial charge in [0.1, 0.15) is 6.54 Å². The molecule has 1 aliphatic carbocycles. The zero-order valence-electron chi connectivity index (χ0n) is 14.2. The molecule has 2 fully saturated rings. The van der Waals surface area contributed by atoms with Crippen LogP contribution in [0.3, 0.4) is 0 Å². The van der Waals surface area contributed by atoms with E-state index in [1.54, 1.807) is 19.0 Å². The first-order valence-electron chi connectivity index (χ1n) is 8.17. The van der Waals surface area contributed by atoms with Crippen molar-refractivity contribution in [1.29, 1.82) is 0 Å². The smallest absolute Gasteiger partial charge is 0.243 e. The van der Waals surface area contributed by atoms with Gasteiger partial charge in [-0.3, -0.25) is 9.69 Å². The molecule has 0 aromatic heterocycles. The van der Waals surface area contributed by atoms with Crippen LogP contribution in [0.1, 0.15) is 12.8 Å². The Labute approximate surface area is 156 Å². The minimum absolute atomic E-state index is 0. The van der Waals surface area contributed by atoms with E-state index in [4.69, 9.17) is 4.74 Å². The molecular formula is C15H30IN5O2. The van der Waals surface area contributed by atoms with Crippen LogP contribution in [0.4, 0.5) is 0 Å². The van der Waals surface area contributed by atoms with Crippen LogP contribution in [-0.2, 0) is 9.53 Å². The Balaban J connectivity index is 0.00000264. The van der Waals surface area contributed by atoms with Gasteiger partial charge in [0.05, 0.1) is 13.2 Å². The van der Waals surface area contributed by atoms with Crippen LogP contribution in [0.2, 0.25) is 0 Å². The number of guanidine groups is 1. The standard InChI is InChI=1S/C15H29N5O2.HI/c1-19(2)14(21)12-18-15(17-11-13-3-4-13)16-5-6-20-7-9-22-10-8-20;/h13H,3-12H2,1-2H3,(H2,16,17,18);1H. The van der Waals surface area contributed by atoms with E-state index in [0.717, 1.165) is 57.8 Å². The molecule has 1 saturated carbocycles. The maximum absolute atomic E-state index is 11.7. The largest absolute Gasteiger partial charge is 0.379 e. The van der Waals surface area contributed by atoms with Crippen molar-refractivity contribution >= 4 is 35.8 Å². The van der Waals surface area contributed by atoms with Crippen LogP contribution >= 0.6 is 24.0 Å². The number of rotatable bonds is 7. The van der Waals surface area contributed by atoms with Crippen molar-refractivity contribution in [3.8, 4) is 0 Å². The summed E-state index contributed by atoms with van der Waals surface area (Å²) in [5.74, 6) is 1.53. The maximum Gasteiger partial charge on any atom is 0.243 e. The molecule has 7 nitrogen and oxygen atoms in total. The first-order chi connectivity index (χ1) is 10.6. The lowest BCUT2D eigenvalue weighted by Gasteiger charge is -2.26. The van der Waals surface area contributed by atoms with Crippen LogP contribution < -0.4 is 10.6 Å². The second-order valence-corrected chi connectivity index (χ2v) is 6.16. The van der Waals surface area contributed by atoms with Gasteiger partial charge in [0.2, 0.25) is 5.91 Å². The van der Waals surface area contributed by atoms with Gasteiger partial charge in [0.25, 0.3) is 0 Å². The average molecular weight is 439 g/mol. The van der Waals surface area contributed by atoms with Crippen LogP contribution in [0.25, 0.3) is 0 Å². The summed E-state index contributed by atoms with van der Waals surface area (Å²) in [6.07, 6.45) is 2.59. The fourth-order valence-corrected chi connectivity index (χ4v) is 2.18. The van der Waals surface area contributed by atoms with E-state index in [1.165, 1.54) is 12.8 Å². The highest BCUT2D eigenvalue weighted by atomic mass is 127. The minimum Gasteiger partial charge on any atom is -0.379 e. The molecule has 2 rings (SSSR count). The highest BCUT2D eigenvalue weighted by Crippen LogP contribution is 2.27. The Hall–Kier alpha value is -0.610. The van der Waals surface area contributed by atoms with E-state index in [1.807, 2.05) is 0 Å². The van der Waals surface area contributed by atoms with E-state index in [0.29, 0.717) is 0 Å². The van der Waals surface area contributed by atoms with Gasteiger partial charge >= 0.3 is 0 Å². The van der Waals surface area contributed by atoms with Crippen molar-refractivity contribution < 1.29 is 9.53 Å². The van der Waals surface area contributed by atoms with Crippen molar-refractivity contribution in [1.82, 2.24) is 20.4 Å². The molecule has 0 bridgehead atoms. The number of nitrogens with one attached hydrogen (secondary N) is 2. The summed E-state index contributed by atoms with van der Waals surface area (Å²) in [5, 5.41) is 6.67. The second-order valence-electron chi connectivity index (χ2n) is 6.16. The first kappa shape index (κ1) is 20.4. The molecule has 0 atom stereocenters. The molecule has 1 aliphatic heterocycles. The highest BCUT2D eigenvalue weighted by molar-refractivity contribution is 14.0. The van der Waals surface area contributed by atoms with E-state index >= 15 is 0 Å². The van der Waals surface area contributed by atoms with Crippen molar-refractivity contribution in [2.24, 2.45) is 10.9 Å². The molecule has 0 aromatic rings. The van der Waals surface area contributed by atoms with Gasteiger partial charge in [-0.15, -0.1) is 24.0 Å². The lowest BCUT2D eigenvalue weighted by atomic mass is 10.4. The Morgan fingerprint density at radius 3 is 2.57 bits per heavy atom. The Kier molecular flexibility index (Phi) is 9.80. The Morgan fingerprint density at radius 1 is 1.26 bits per heavy atom. The van der Waals surface area contributed by atoms with Gasteiger partial charge in [0.15, 0.2) is 5.96 Å². The minimum atomic E-state index is 0.